The Morgan fingerprint density at radius 2 is 1.95 bits per heavy atom. The topological polar surface area (TPSA) is 81.0 Å². The van der Waals surface area contributed by atoms with E-state index in [1.54, 1.807) is 0 Å². The minimum atomic E-state index is 0.467. The van der Waals surface area contributed by atoms with Gasteiger partial charge in [-0.3, -0.25) is 0 Å². The van der Waals surface area contributed by atoms with E-state index in [4.69, 9.17) is 5.26 Å². The van der Waals surface area contributed by atoms with Crippen molar-refractivity contribution in [2.24, 2.45) is 0 Å². The molecule has 1 aromatic rings. The molecule has 1 fully saturated rings. The maximum atomic E-state index is 8.83. The molecule has 7 heteroatoms. The summed E-state index contributed by atoms with van der Waals surface area (Å²) in [4.78, 5) is 17.5. The Kier molecular flexibility index (Phi) is 5.14. The Bertz CT molecular complexity index is 505. The molecule has 114 valence electrons. The van der Waals surface area contributed by atoms with Crippen LogP contribution in [0.15, 0.2) is 0 Å². The Morgan fingerprint density at radius 3 is 2.52 bits per heavy atom. The van der Waals surface area contributed by atoms with Crippen molar-refractivity contribution in [2.45, 2.75) is 38.6 Å². The van der Waals surface area contributed by atoms with Crippen molar-refractivity contribution in [3.63, 3.8) is 0 Å². The van der Waals surface area contributed by atoms with Gasteiger partial charge in [-0.25, -0.2) is 0 Å². The van der Waals surface area contributed by atoms with Crippen LogP contribution in [0.5, 0.6) is 0 Å². The van der Waals surface area contributed by atoms with Gasteiger partial charge in [-0.1, -0.05) is 6.92 Å². The molecular formula is C14H23N7. The van der Waals surface area contributed by atoms with Crippen molar-refractivity contribution in [1.82, 2.24) is 15.0 Å². The first-order valence-electron chi connectivity index (χ1n) is 7.46. The molecule has 0 unspecified atom stereocenters. The molecule has 21 heavy (non-hydrogen) atoms. The first kappa shape index (κ1) is 15.3. The average molecular weight is 289 g/mol. The zero-order valence-electron chi connectivity index (χ0n) is 13.0. The van der Waals surface area contributed by atoms with Crippen LogP contribution >= 0.6 is 0 Å². The molecule has 1 aliphatic rings. The summed E-state index contributed by atoms with van der Waals surface area (Å²) in [6.07, 6.45) is 3.79. The number of aromatic nitrogens is 3. The molecular weight excluding hydrogens is 266 g/mol. The monoisotopic (exact) mass is 289 g/mol. The quantitative estimate of drug-likeness (QED) is 0.779. The van der Waals surface area contributed by atoms with E-state index in [0.717, 1.165) is 25.8 Å². The highest BCUT2D eigenvalue weighted by Gasteiger charge is 2.31. The van der Waals surface area contributed by atoms with Crippen LogP contribution in [0.3, 0.4) is 0 Å². The predicted octanol–water partition coefficient (Wildman–Crippen LogP) is 1.64. The van der Waals surface area contributed by atoms with Crippen LogP contribution in [-0.4, -0.2) is 48.2 Å². The van der Waals surface area contributed by atoms with Crippen molar-refractivity contribution in [3.8, 4) is 6.07 Å². The summed E-state index contributed by atoms with van der Waals surface area (Å²) in [5.74, 6) is 1.92. The van der Waals surface area contributed by atoms with Crippen molar-refractivity contribution in [1.29, 1.82) is 5.26 Å². The highest BCUT2D eigenvalue weighted by molar-refractivity contribution is 5.46. The third-order valence-electron chi connectivity index (χ3n) is 3.25. The molecule has 0 saturated heterocycles. The first-order valence-corrected chi connectivity index (χ1v) is 7.46. The lowest BCUT2D eigenvalue weighted by Gasteiger charge is -2.23. The van der Waals surface area contributed by atoms with Gasteiger partial charge in [0.05, 0.1) is 12.5 Å². The van der Waals surface area contributed by atoms with E-state index in [0.29, 0.717) is 36.9 Å². The normalized spacial score (nSPS) is 13.6. The van der Waals surface area contributed by atoms with Crippen LogP contribution in [-0.2, 0) is 0 Å². The number of anilines is 3. The largest absolute Gasteiger partial charge is 0.354 e. The third kappa shape index (κ3) is 4.18. The van der Waals surface area contributed by atoms with Crippen LogP contribution in [0, 0.1) is 11.3 Å². The van der Waals surface area contributed by atoms with E-state index in [2.05, 4.69) is 38.2 Å². The van der Waals surface area contributed by atoms with Gasteiger partial charge in [0.2, 0.25) is 17.8 Å². The Labute approximate surface area is 126 Å². The van der Waals surface area contributed by atoms with E-state index in [-0.39, 0.29) is 0 Å². The SMILES string of the molecule is CCCNc1nc(N(C)C)nc(N(CCC#N)C2CC2)n1. The Balaban J connectivity index is 2.26. The lowest BCUT2D eigenvalue weighted by molar-refractivity contribution is 0.751. The summed E-state index contributed by atoms with van der Waals surface area (Å²) in [6.45, 7) is 3.61. The summed E-state index contributed by atoms with van der Waals surface area (Å²) in [5.41, 5.74) is 0. The van der Waals surface area contributed by atoms with E-state index >= 15 is 0 Å². The van der Waals surface area contributed by atoms with E-state index < -0.39 is 0 Å². The molecule has 0 amide bonds. The van der Waals surface area contributed by atoms with Gasteiger partial charge in [-0.05, 0) is 19.3 Å². The number of nitrogens with zero attached hydrogens (tertiary/aromatic N) is 6. The summed E-state index contributed by atoms with van der Waals surface area (Å²) < 4.78 is 0. The van der Waals surface area contributed by atoms with Gasteiger partial charge >= 0.3 is 0 Å². The minimum Gasteiger partial charge on any atom is -0.354 e. The maximum Gasteiger partial charge on any atom is 0.232 e. The zero-order chi connectivity index (χ0) is 15.2. The second-order valence-electron chi connectivity index (χ2n) is 5.41. The molecule has 1 N–H and O–H groups in total. The number of hydrogen-bond donors (Lipinski definition) is 1. The molecule has 1 heterocycles. The molecule has 0 spiro atoms. The van der Waals surface area contributed by atoms with Gasteiger partial charge in [-0.2, -0.15) is 20.2 Å². The van der Waals surface area contributed by atoms with Gasteiger partial charge in [-0.15, -0.1) is 0 Å². The molecule has 1 saturated carbocycles. The molecule has 0 aromatic carbocycles. The number of nitrogens with one attached hydrogen (secondary N) is 1. The second-order valence-corrected chi connectivity index (χ2v) is 5.41. The van der Waals surface area contributed by atoms with Crippen LogP contribution < -0.4 is 15.1 Å². The summed E-state index contributed by atoms with van der Waals surface area (Å²) in [7, 11) is 3.83. The molecule has 0 atom stereocenters. The van der Waals surface area contributed by atoms with Crippen LogP contribution in [0.25, 0.3) is 0 Å². The highest BCUT2D eigenvalue weighted by atomic mass is 15.4. The molecule has 1 aliphatic carbocycles. The van der Waals surface area contributed by atoms with Crippen LogP contribution in [0.4, 0.5) is 17.8 Å². The number of rotatable bonds is 8. The summed E-state index contributed by atoms with van der Waals surface area (Å²) in [6, 6.07) is 2.67. The first-order chi connectivity index (χ1) is 10.2. The van der Waals surface area contributed by atoms with Gasteiger partial charge in [0.15, 0.2) is 0 Å². The number of nitriles is 1. The van der Waals surface area contributed by atoms with Gasteiger partial charge in [0, 0.05) is 33.2 Å². The molecule has 7 nitrogen and oxygen atoms in total. The molecule has 1 aromatic heterocycles. The van der Waals surface area contributed by atoms with E-state index in [9.17, 15) is 0 Å². The molecule has 0 radical (unpaired) electrons. The fraction of sp³-hybridized carbons (Fsp3) is 0.714. The molecule has 0 aliphatic heterocycles. The molecule has 0 bridgehead atoms. The zero-order valence-corrected chi connectivity index (χ0v) is 13.0. The lowest BCUT2D eigenvalue weighted by Crippen LogP contribution is -2.30. The van der Waals surface area contributed by atoms with Crippen LogP contribution in [0.2, 0.25) is 0 Å². The van der Waals surface area contributed by atoms with Crippen molar-refractivity contribution in [2.75, 3.05) is 42.3 Å². The average Bonchev–Trinajstić information content (AvgIpc) is 3.30. The number of hydrogen-bond acceptors (Lipinski definition) is 7. The Morgan fingerprint density at radius 1 is 1.24 bits per heavy atom. The lowest BCUT2D eigenvalue weighted by atomic mass is 10.4. The fourth-order valence-electron chi connectivity index (χ4n) is 2.00. The predicted molar refractivity (Wildman–Crippen MR) is 83.5 cm³/mol. The van der Waals surface area contributed by atoms with Crippen LogP contribution in [0.1, 0.15) is 32.6 Å². The Hall–Kier alpha value is -2.10. The van der Waals surface area contributed by atoms with Gasteiger partial charge < -0.3 is 15.1 Å². The van der Waals surface area contributed by atoms with Crippen molar-refractivity contribution >= 4 is 17.8 Å². The highest BCUT2D eigenvalue weighted by Crippen LogP contribution is 2.30. The van der Waals surface area contributed by atoms with E-state index in [1.807, 2.05) is 19.0 Å². The third-order valence-corrected chi connectivity index (χ3v) is 3.25. The summed E-state index contributed by atoms with van der Waals surface area (Å²) in [5, 5.41) is 12.0. The van der Waals surface area contributed by atoms with Crippen molar-refractivity contribution < 1.29 is 0 Å². The second kappa shape index (κ2) is 7.07. The van der Waals surface area contributed by atoms with Crippen molar-refractivity contribution in [3.05, 3.63) is 0 Å². The van der Waals surface area contributed by atoms with E-state index in [1.165, 1.54) is 0 Å². The summed E-state index contributed by atoms with van der Waals surface area (Å²) >= 11 is 0. The minimum absolute atomic E-state index is 0.467. The van der Waals surface area contributed by atoms with Gasteiger partial charge in [0.1, 0.15) is 0 Å². The smallest absolute Gasteiger partial charge is 0.232 e. The van der Waals surface area contributed by atoms with Gasteiger partial charge in [0.25, 0.3) is 0 Å². The standard InChI is InChI=1S/C14H23N7/c1-4-9-16-12-17-13(20(2)3)19-14(18-12)21(10-5-8-15)11-6-7-11/h11H,4-7,9-10H2,1-3H3,(H,16,17,18,19). The fourth-order valence-corrected chi connectivity index (χ4v) is 2.00. The molecule has 2 rings (SSSR count). The maximum absolute atomic E-state index is 8.83.